The maximum Gasteiger partial charge on any atom is 0.225 e. The third-order valence-corrected chi connectivity index (χ3v) is 6.22. The topological polar surface area (TPSA) is 87.4 Å². The average molecular weight is 344 g/mol. The first-order chi connectivity index (χ1) is 12.2. The highest BCUT2D eigenvalue weighted by Crippen LogP contribution is 2.47. The quantitative estimate of drug-likeness (QED) is 0.787. The Morgan fingerprint density at radius 2 is 1.88 bits per heavy atom. The molecule has 7 heteroatoms. The Morgan fingerprint density at radius 1 is 1.16 bits per heavy atom. The molecule has 0 spiro atoms. The van der Waals surface area contributed by atoms with Gasteiger partial charge in [0.1, 0.15) is 0 Å². The number of hydrogen-bond acceptors (Lipinski definition) is 6. The largest absolute Gasteiger partial charge is 0.355 e. The third kappa shape index (κ3) is 3.48. The molecule has 3 N–H and O–H groups in total. The monoisotopic (exact) mass is 344 g/mol. The Bertz CT molecular complexity index is 586. The summed E-state index contributed by atoms with van der Waals surface area (Å²) in [5, 5.41) is 3.13. The molecule has 1 aliphatic heterocycles. The van der Waals surface area contributed by atoms with E-state index < -0.39 is 0 Å². The summed E-state index contributed by atoms with van der Waals surface area (Å²) in [5.41, 5.74) is 6.26. The standard InChI is InChI=1S/C18H28N6O/c19-16-14-3-2-13(12-14)15(16)17(25)20-6-7-23-8-10-24(11-9-23)18-21-4-1-5-22-18/h1,4-5,13-16H,2-3,6-12,19H2,(H,20,25). The number of anilines is 1. The number of hydrogen-bond donors (Lipinski definition) is 2. The van der Waals surface area contributed by atoms with Gasteiger partial charge in [-0.3, -0.25) is 9.69 Å². The van der Waals surface area contributed by atoms with E-state index >= 15 is 0 Å². The van der Waals surface area contributed by atoms with Crippen LogP contribution in [-0.4, -0.2) is 66.1 Å². The number of nitrogens with zero attached hydrogens (tertiary/aromatic N) is 4. The number of aromatic nitrogens is 2. The molecule has 2 saturated carbocycles. The SMILES string of the molecule is NC1C2CCC(C2)C1C(=O)NCCN1CCN(c2ncccn2)CC1. The molecule has 1 saturated heterocycles. The Kier molecular flexibility index (Phi) is 4.85. The first-order valence-corrected chi connectivity index (χ1v) is 9.50. The Morgan fingerprint density at radius 3 is 2.56 bits per heavy atom. The van der Waals surface area contributed by atoms with Crippen molar-refractivity contribution >= 4 is 11.9 Å². The summed E-state index contributed by atoms with van der Waals surface area (Å²) in [6.07, 6.45) is 7.11. The lowest BCUT2D eigenvalue weighted by Gasteiger charge is -2.34. The van der Waals surface area contributed by atoms with E-state index in [0.29, 0.717) is 18.4 Å². The van der Waals surface area contributed by atoms with E-state index in [1.807, 2.05) is 6.07 Å². The van der Waals surface area contributed by atoms with Crippen LogP contribution in [0.25, 0.3) is 0 Å². The molecule has 0 aromatic carbocycles. The van der Waals surface area contributed by atoms with Gasteiger partial charge in [0.15, 0.2) is 0 Å². The normalized spacial score (nSPS) is 32.1. The summed E-state index contributed by atoms with van der Waals surface area (Å²) in [4.78, 5) is 25.7. The molecule has 1 amide bonds. The minimum absolute atomic E-state index is 0.0471. The highest BCUT2D eigenvalue weighted by Gasteiger charge is 2.48. The lowest BCUT2D eigenvalue weighted by Crippen LogP contribution is -2.50. The molecule has 7 nitrogen and oxygen atoms in total. The van der Waals surface area contributed by atoms with Crippen molar-refractivity contribution in [1.29, 1.82) is 0 Å². The maximum atomic E-state index is 12.5. The number of nitrogens with one attached hydrogen (secondary N) is 1. The zero-order chi connectivity index (χ0) is 17.2. The molecule has 3 fully saturated rings. The van der Waals surface area contributed by atoms with Crippen molar-refractivity contribution in [2.75, 3.05) is 44.2 Å². The molecule has 2 heterocycles. The Hall–Kier alpha value is -1.73. The number of rotatable bonds is 5. The van der Waals surface area contributed by atoms with Gasteiger partial charge in [0.25, 0.3) is 0 Å². The molecule has 2 bridgehead atoms. The number of carbonyl (C=O) groups is 1. The van der Waals surface area contributed by atoms with Crippen LogP contribution in [0, 0.1) is 17.8 Å². The van der Waals surface area contributed by atoms with Gasteiger partial charge < -0.3 is 16.0 Å². The van der Waals surface area contributed by atoms with E-state index in [4.69, 9.17) is 5.73 Å². The van der Waals surface area contributed by atoms with E-state index in [-0.39, 0.29) is 17.9 Å². The number of fused-ring (bicyclic) bond motifs is 2. The molecule has 4 unspecified atom stereocenters. The lowest BCUT2D eigenvalue weighted by molar-refractivity contribution is -0.127. The number of piperazine rings is 1. The molecule has 25 heavy (non-hydrogen) atoms. The number of amides is 1. The first kappa shape index (κ1) is 16.7. The van der Waals surface area contributed by atoms with Gasteiger partial charge in [0.05, 0.1) is 5.92 Å². The van der Waals surface area contributed by atoms with Gasteiger partial charge >= 0.3 is 0 Å². The predicted molar refractivity (Wildman–Crippen MR) is 96.0 cm³/mol. The molecular formula is C18H28N6O. The Balaban J connectivity index is 1.18. The second-order valence-electron chi connectivity index (χ2n) is 7.60. The second-order valence-corrected chi connectivity index (χ2v) is 7.60. The van der Waals surface area contributed by atoms with Gasteiger partial charge in [-0.25, -0.2) is 9.97 Å². The van der Waals surface area contributed by atoms with Crippen molar-refractivity contribution in [2.45, 2.75) is 25.3 Å². The van der Waals surface area contributed by atoms with Crippen LogP contribution in [-0.2, 0) is 4.79 Å². The van der Waals surface area contributed by atoms with Gasteiger partial charge in [0.2, 0.25) is 11.9 Å². The van der Waals surface area contributed by atoms with Gasteiger partial charge in [-0.2, -0.15) is 0 Å². The van der Waals surface area contributed by atoms with Crippen LogP contribution in [0.3, 0.4) is 0 Å². The van der Waals surface area contributed by atoms with Crippen LogP contribution >= 0.6 is 0 Å². The van der Waals surface area contributed by atoms with Crippen molar-refractivity contribution in [3.63, 3.8) is 0 Å². The van der Waals surface area contributed by atoms with E-state index in [1.165, 1.54) is 12.8 Å². The van der Waals surface area contributed by atoms with Gasteiger partial charge in [-0.15, -0.1) is 0 Å². The van der Waals surface area contributed by atoms with Crippen LogP contribution in [0.5, 0.6) is 0 Å². The van der Waals surface area contributed by atoms with Crippen LogP contribution in [0.15, 0.2) is 18.5 Å². The summed E-state index contributed by atoms with van der Waals surface area (Å²) in [6.45, 7) is 5.40. The zero-order valence-corrected chi connectivity index (χ0v) is 14.7. The van der Waals surface area contributed by atoms with Crippen molar-refractivity contribution < 1.29 is 4.79 Å². The molecule has 4 atom stereocenters. The van der Waals surface area contributed by atoms with Crippen molar-refractivity contribution in [1.82, 2.24) is 20.2 Å². The summed E-state index contributed by atoms with van der Waals surface area (Å²) >= 11 is 0. The fraction of sp³-hybridized carbons (Fsp3) is 0.722. The lowest BCUT2D eigenvalue weighted by atomic mass is 9.84. The summed E-state index contributed by atoms with van der Waals surface area (Å²) in [7, 11) is 0. The molecule has 3 aliphatic rings. The highest BCUT2D eigenvalue weighted by molar-refractivity contribution is 5.80. The average Bonchev–Trinajstić information content (AvgIpc) is 3.24. The summed E-state index contributed by atoms with van der Waals surface area (Å²) in [6, 6.07) is 1.91. The predicted octanol–water partition coefficient (Wildman–Crippen LogP) is 0.0882. The van der Waals surface area contributed by atoms with Gasteiger partial charge in [-0.1, -0.05) is 0 Å². The number of carbonyl (C=O) groups excluding carboxylic acids is 1. The second kappa shape index (κ2) is 7.25. The molecule has 1 aromatic heterocycles. The third-order valence-electron chi connectivity index (χ3n) is 6.22. The van der Waals surface area contributed by atoms with E-state index in [0.717, 1.165) is 45.1 Å². The summed E-state index contributed by atoms with van der Waals surface area (Å²) < 4.78 is 0. The van der Waals surface area contributed by atoms with Crippen molar-refractivity contribution in [2.24, 2.45) is 23.5 Å². The smallest absolute Gasteiger partial charge is 0.225 e. The Labute approximate surface area is 149 Å². The maximum absolute atomic E-state index is 12.5. The fourth-order valence-electron chi connectivity index (χ4n) is 4.81. The van der Waals surface area contributed by atoms with Crippen LogP contribution in [0.4, 0.5) is 5.95 Å². The first-order valence-electron chi connectivity index (χ1n) is 9.50. The van der Waals surface area contributed by atoms with Crippen LogP contribution < -0.4 is 16.0 Å². The molecule has 2 aliphatic carbocycles. The summed E-state index contributed by atoms with van der Waals surface area (Å²) in [5.74, 6) is 2.13. The van der Waals surface area contributed by atoms with Crippen LogP contribution in [0.2, 0.25) is 0 Å². The molecule has 1 aromatic rings. The molecule has 4 rings (SSSR count). The fourth-order valence-corrected chi connectivity index (χ4v) is 4.81. The molecular weight excluding hydrogens is 316 g/mol. The van der Waals surface area contributed by atoms with E-state index in [1.54, 1.807) is 12.4 Å². The van der Waals surface area contributed by atoms with Gasteiger partial charge in [0, 0.05) is 57.7 Å². The molecule has 0 radical (unpaired) electrons. The van der Waals surface area contributed by atoms with Crippen LogP contribution in [0.1, 0.15) is 19.3 Å². The van der Waals surface area contributed by atoms with Gasteiger partial charge in [-0.05, 0) is 37.2 Å². The van der Waals surface area contributed by atoms with E-state index in [2.05, 4.69) is 25.1 Å². The minimum Gasteiger partial charge on any atom is -0.355 e. The zero-order valence-electron chi connectivity index (χ0n) is 14.7. The molecule has 136 valence electrons. The van der Waals surface area contributed by atoms with Crippen molar-refractivity contribution in [3.8, 4) is 0 Å². The van der Waals surface area contributed by atoms with Crippen molar-refractivity contribution in [3.05, 3.63) is 18.5 Å². The number of nitrogens with two attached hydrogens (primary N) is 1. The highest BCUT2D eigenvalue weighted by atomic mass is 16.2. The minimum atomic E-state index is 0.0471. The van der Waals surface area contributed by atoms with E-state index in [9.17, 15) is 4.79 Å².